The molecule has 0 bridgehead atoms. The number of aromatic hydroxyl groups is 1. The molecule has 0 heterocycles. The van der Waals surface area contributed by atoms with E-state index >= 15 is 0 Å². The molecule has 0 aliphatic carbocycles. The van der Waals surface area contributed by atoms with Gasteiger partial charge in [0.2, 0.25) is 0 Å². The minimum atomic E-state index is -0.0745. The Labute approximate surface area is 135 Å². The molecule has 3 heteroatoms. The molecule has 1 rings (SSSR count). The van der Waals surface area contributed by atoms with E-state index in [9.17, 15) is 4.79 Å². The van der Waals surface area contributed by atoms with Crippen molar-refractivity contribution in [2.75, 3.05) is 0 Å². The molecule has 0 spiro atoms. The van der Waals surface area contributed by atoms with Gasteiger partial charge in [0.05, 0.1) is 0 Å². The molecule has 0 fully saturated rings. The fraction of sp³-hybridized carbons (Fsp3) is 0.333. The molecule has 1 N–H and O–H groups in total. The van der Waals surface area contributed by atoms with Crippen LogP contribution in [0.3, 0.4) is 0 Å². The third-order valence-electron chi connectivity index (χ3n) is 1.68. The predicted octanol–water partition coefficient (Wildman–Crippen LogP) is -0.475. The van der Waals surface area contributed by atoms with Crippen molar-refractivity contribution in [1.29, 1.82) is 0 Å². The normalized spacial score (nSPS) is 10.3. The number of rotatable bonds is 3. The van der Waals surface area contributed by atoms with Crippen LogP contribution < -0.4 is 51.4 Å². The third kappa shape index (κ3) is 8.17. The van der Waals surface area contributed by atoms with Gasteiger partial charge < -0.3 is 16.8 Å². The van der Waals surface area contributed by atoms with Crippen molar-refractivity contribution in [3.05, 3.63) is 36.8 Å². The second-order valence-electron chi connectivity index (χ2n) is 2.89. The SMILES string of the molecule is CC([C-]=O)Cc1ccc(O)cc1.[CH2-]C.[K+]. The first kappa shape index (κ1) is 17.7. The second kappa shape index (κ2) is 10.8. The van der Waals surface area contributed by atoms with Crippen molar-refractivity contribution in [2.24, 2.45) is 5.92 Å². The summed E-state index contributed by atoms with van der Waals surface area (Å²) in [5.74, 6) is 0.177. The minimum absolute atomic E-state index is 0. The summed E-state index contributed by atoms with van der Waals surface area (Å²) in [7, 11) is 0. The molecule has 1 unspecified atom stereocenters. The molecule has 78 valence electrons. The van der Waals surface area contributed by atoms with Gasteiger partial charge in [-0.2, -0.15) is 6.92 Å². The molecule has 0 saturated heterocycles. The van der Waals surface area contributed by atoms with Gasteiger partial charge in [-0.15, -0.1) is 5.92 Å². The van der Waals surface area contributed by atoms with E-state index in [0.717, 1.165) is 5.56 Å². The Hall–Kier alpha value is 0.326. The number of hydrogen-bond donors (Lipinski definition) is 1. The van der Waals surface area contributed by atoms with Gasteiger partial charge in [-0.1, -0.05) is 19.1 Å². The molecule has 0 amide bonds. The van der Waals surface area contributed by atoms with Gasteiger partial charge in [0.15, 0.2) is 0 Å². The Morgan fingerprint density at radius 1 is 1.33 bits per heavy atom. The van der Waals surface area contributed by atoms with E-state index in [1.807, 2.05) is 25.3 Å². The zero-order valence-electron chi connectivity index (χ0n) is 9.66. The van der Waals surface area contributed by atoms with E-state index in [4.69, 9.17) is 5.11 Å². The van der Waals surface area contributed by atoms with Gasteiger partial charge in [-0.3, -0.25) is 6.29 Å². The molecular weight excluding hydrogens is 215 g/mol. The van der Waals surface area contributed by atoms with Crippen molar-refractivity contribution in [3.63, 3.8) is 0 Å². The van der Waals surface area contributed by atoms with Gasteiger partial charge >= 0.3 is 51.4 Å². The largest absolute Gasteiger partial charge is 1.00 e. The van der Waals surface area contributed by atoms with E-state index in [2.05, 4.69) is 6.92 Å². The number of hydrogen-bond acceptors (Lipinski definition) is 2. The van der Waals surface area contributed by atoms with Gasteiger partial charge in [0.25, 0.3) is 0 Å². The van der Waals surface area contributed by atoms with Crippen molar-refractivity contribution in [3.8, 4) is 5.75 Å². The van der Waals surface area contributed by atoms with Crippen molar-refractivity contribution >= 4 is 6.29 Å². The van der Waals surface area contributed by atoms with Crippen LogP contribution in [0.25, 0.3) is 0 Å². The van der Waals surface area contributed by atoms with E-state index in [0.29, 0.717) is 6.42 Å². The van der Waals surface area contributed by atoms with Crippen LogP contribution in [0.4, 0.5) is 0 Å². The Bertz CT molecular complexity index is 257. The maximum atomic E-state index is 10.2. The standard InChI is InChI=1S/C10H11O2.C2H5.K/c1-8(7-11)6-9-2-4-10(12)5-3-9;1-2;/h2-5,8,12H,6H2,1H3;1H2,2H3;/q2*-1;+1. The first-order valence-corrected chi connectivity index (χ1v) is 4.58. The molecule has 2 nitrogen and oxygen atoms in total. The molecule has 0 aliphatic heterocycles. The summed E-state index contributed by atoms with van der Waals surface area (Å²) < 4.78 is 0. The van der Waals surface area contributed by atoms with Crippen LogP contribution in [0.15, 0.2) is 24.3 Å². The smallest absolute Gasteiger partial charge is 0.542 e. The van der Waals surface area contributed by atoms with Crippen molar-refractivity contribution in [1.82, 2.24) is 0 Å². The summed E-state index contributed by atoms with van der Waals surface area (Å²) in [6.07, 6.45) is 2.60. The van der Waals surface area contributed by atoms with Crippen LogP contribution in [0.5, 0.6) is 5.75 Å². The Morgan fingerprint density at radius 2 is 1.80 bits per heavy atom. The first-order valence-electron chi connectivity index (χ1n) is 4.58. The summed E-state index contributed by atoms with van der Waals surface area (Å²) >= 11 is 0. The zero-order chi connectivity index (χ0) is 11.0. The molecule has 1 aromatic carbocycles. The van der Waals surface area contributed by atoms with E-state index in [1.165, 1.54) is 0 Å². The number of phenols is 1. The van der Waals surface area contributed by atoms with Gasteiger partial charge in [-0.25, -0.2) is 0 Å². The molecule has 1 atom stereocenters. The van der Waals surface area contributed by atoms with Crippen LogP contribution >= 0.6 is 0 Å². The zero-order valence-corrected chi connectivity index (χ0v) is 12.8. The quantitative estimate of drug-likeness (QED) is 0.564. The Kier molecular flexibility index (Phi) is 12.8. The third-order valence-corrected chi connectivity index (χ3v) is 1.68. The van der Waals surface area contributed by atoms with Crippen LogP contribution in [0.2, 0.25) is 0 Å². The summed E-state index contributed by atoms with van der Waals surface area (Å²) in [5, 5.41) is 8.97. The molecule has 0 radical (unpaired) electrons. The Balaban J connectivity index is 0. The summed E-state index contributed by atoms with van der Waals surface area (Å²) in [6.45, 7) is 6.82. The second-order valence-corrected chi connectivity index (χ2v) is 2.89. The fourth-order valence-corrected chi connectivity index (χ4v) is 1.03. The Morgan fingerprint density at radius 3 is 2.20 bits per heavy atom. The first-order chi connectivity index (χ1) is 6.72. The fourth-order valence-electron chi connectivity index (χ4n) is 1.03. The average Bonchev–Trinajstić information content (AvgIpc) is 2.24. The monoisotopic (exact) mass is 231 g/mol. The molecule has 0 aliphatic rings. The number of benzene rings is 1. The number of phenolic OH excluding ortho intramolecular Hbond substituents is 1. The van der Waals surface area contributed by atoms with Crippen LogP contribution in [0, 0.1) is 12.8 Å². The van der Waals surface area contributed by atoms with Crippen molar-refractivity contribution in [2.45, 2.75) is 20.3 Å². The molecular formula is C12H16KO2-. The minimum Gasteiger partial charge on any atom is -0.542 e. The van der Waals surface area contributed by atoms with Gasteiger partial charge in [-0.05, 0) is 24.1 Å². The summed E-state index contributed by atoms with van der Waals surface area (Å²) in [4.78, 5) is 10.2. The van der Waals surface area contributed by atoms with E-state index < -0.39 is 0 Å². The molecule has 0 saturated carbocycles. The van der Waals surface area contributed by atoms with E-state index in [-0.39, 0.29) is 63.1 Å². The summed E-state index contributed by atoms with van der Waals surface area (Å²) in [5.41, 5.74) is 1.05. The van der Waals surface area contributed by atoms with Gasteiger partial charge in [0.1, 0.15) is 5.75 Å². The maximum Gasteiger partial charge on any atom is 1.00 e. The number of carbonyl (C=O) groups excluding carboxylic acids is 1. The van der Waals surface area contributed by atoms with E-state index in [1.54, 1.807) is 19.1 Å². The maximum absolute atomic E-state index is 10.2. The molecule has 1 aromatic rings. The molecule has 0 aromatic heterocycles. The summed E-state index contributed by atoms with van der Waals surface area (Å²) in [6, 6.07) is 6.85. The predicted molar refractivity (Wildman–Crippen MR) is 57.7 cm³/mol. The van der Waals surface area contributed by atoms with Gasteiger partial charge in [0, 0.05) is 0 Å². The van der Waals surface area contributed by atoms with Crippen LogP contribution in [0.1, 0.15) is 19.4 Å². The topological polar surface area (TPSA) is 37.3 Å². The van der Waals surface area contributed by atoms with Crippen molar-refractivity contribution < 1.29 is 61.3 Å². The molecule has 15 heavy (non-hydrogen) atoms. The average molecular weight is 231 g/mol. The van der Waals surface area contributed by atoms with Crippen LogP contribution in [-0.2, 0) is 11.2 Å². The van der Waals surface area contributed by atoms with Crippen LogP contribution in [-0.4, -0.2) is 11.4 Å².